The van der Waals surface area contributed by atoms with Gasteiger partial charge in [-0.15, -0.1) is 0 Å². The second kappa shape index (κ2) is 6.09. The number of aliphatic hydroxyl groups excluding tert-OH is 1. The summed E-state index contributed by atoms with van der Waals surface area (Å²) in [4.78, 5) is 3.90. The van der Waals surface area contributed by atoms with Gasteiger partial charge >= 0.3 is 0 Å². The van der Waals surface area contributed by atoms with Crippen molar-refractivity contribution < 1.29 is 5.11 Å². The van der Waals surface area contributed by atoms with Crippen LogP contribution in [-0.2, 0) is 0 Å². The smallest absolute Gasteiger partial charge is 0.0808 e. The Morgan fingerprint density at radius 3 is 2.60 bits per heavy atom. The molecule has 0 aliphatic carbocycles. The maximum atomic E-state index is 10.0. The van der Waals surface area contributed by atoms with Gasteiger partial charge < -0.3 is 5.11 Å². The SMILES string of the molecule is CCC(CC)CC(O)c1ccncc1Cl. The first-order chi connectivity index (χ1) is 7.19. The zero-order valence-electron chi connectivity index (χ0n) is 9.28. The highest BCUT2D eigenvalue weighted by Gasteiger charge is 2.15. The molecule has 0 aromatic carbocycles. The van der Waals surface area contributed by atoms with Crippen molar-refractivity contribution >= 4 is 11.6 Å². The second-order valence-corrected chi connectivity index (χ2v) is 4.24. The van der Waals surface area contributed by atoms with Crippen LogP contribution < -0.4 is 0 Å². The van der Waals surface area contributed by atoms with E-state index in [1.807, 2.05) is 0 Å². The van der Waals surface area contributed by atoms with Crippen LogP contribution >= 0.6 is 11.6 Å². The molecule has 0 fully saturated rings. The lowest BCUT2D eigenvalue weighted by Gasteiger charge is -2.18. The fraction of sp³-hybridized carbons (Fsp3) is 0.583. The van der Waals surface area contributed by atoms with Crippen molar-refractivity contribution in [1.29, 1.82) is 0 Å². The molecule has 1 rings (SSSR count). The quantitative estimate of drug-likeness (QED) is 0.834. The summed E-state index contributed by atoms with van der Waals surface area (Å²) >= 11 is 5.97. The number of halogens is 1. The maximum Gasteiger partial charge on any atom is 0.0808 e. The van der Waals surface area contributed by atoms with Gasteiger partial charge in [0.15, 0.2) is 0 Å². The van der Waals surface area contributed by atoms with Crippen molar-refractivity contribution in [2.24, 2.45) is 5.92 Å². The van der Waals surface area contributed by atoms with Gasteiger partial charge in [0.1, 0.15) is 0 Å². The molecule has 0 radical (unpaired) electrons. The average Bonchev–Trinajstić information content (AvgIpc) is 2.26. The van der Waals surface area contributed by atoms with E-state index in [2.05, 4.69) is 18.8 Å². The minimum Gasteiger partial charge on any atom is -0.388 e. The number of hydrogen-bond acceptors (Lipinski definition) is 2. The Morgan fingerprint density at radius 2 is 2.07 bits per heavy atom. The number of aromatic nitrogens is 1. The Hall–Kier alpha value is -0.600. The molecule has 3 heteroatoms. The average molecular weight is 228 g/mol. The first kappa shape index (κ1) is 12.5. The summed E-state index contributed by atoms with van der Waals surface area (Å²) in [6.07, 6.45) is 5.73. The fourth-order valence-corrected chi connectivity index (χ4v) is 1.97. The molecule has 0 saturated carbocycles. The summed E-state index contributed by atoms with van der Waals surface area (Å²) in [6.45, 7) is 4.30. The molecule has 15 heavy (non-hydrogen) atoms. The van der Waals surface area contributed by atoms with Crippen LogP contribution in [0.4, 0.5) is 0 Å². The standard InChI is InChI=1S/C12H18ClNO/c1-3-9(4-2)7-12(15)10-5-6-14-8-11(10)13/h5-6,8-9,12,15H,3-4,7H2,1-2H3. The predicted octanol–water partition coefficient (Wildman–Crippen LogP) is 3.59. The molecule has 1 aromatic heterocycles. The highest BCUT2D eigenvalue weighted by atomic mass is 35.5. The molecule has 2 nitrogen and oxygen atoms in total. The Kier molecular flexibility index (Phi) is 5.06. The Labute approximate surface area is 96.3 Å². The van der Waals surface area contributed by atoms with Gasteiger partial charge in [0.2, 0.25) is 0 Å². The van der Waals surface area contributed by atoms with Gasteiger partial charge in [-0.1, -0.05) is 38.3 Å². The molecule has 1 N–H and O–H groups in total. The van der Waals surface area contributed by atoms with Crippen molar-refractivity contribution in [3.05, 3.63) is 29.0 Å². The van der Waals surface area contributed by atoms with Gasteiger partial charge in [-0.05, 0) is 18.4 Å². The summed E-state index contributed by atoms with van der Waals surface area (Å²) in [5.41, 5.74) is 0.790. The minimum atomic E-state index is -0.467. The van der Waals surface area contributed by atoms with Crippen molar-refractivity contribution in [3.63, 3.8) is 0 Å². The summed E-state index contributed by atoms with van der Waals surface area (Å²) in [5, 5.41) is 10.6. The lowest BCUT2D eigenvalue weighted by atomic mass is 9.93. The van der Waals surface area contributed by atoms with Gasteiger partial charge in [0.25, 0.3) is 0 Å². The summed E-state index contributed by atoms with van der Waals surface area (Å²) in [7, 11) is 0. The summed E-state index contributed by atoms with van der Waals surface area (Å²) in [5.74, 6) is 0.559. The molecule has 0 aliphatic heterocycles. The molecular weight excluding hydrogens is 210 g/mol. The molecular formula is C12H18ClNO. The predicted molar refractivity (Wildman–Crippen MR) is 62.9 cm³/mol. The second-order valence-electron chi connectivity index (χ2n) is 3.83. The molecule has 1 unspecified atom stereocenters. The fourth-order valence-electron chi connectivity index (χ4n) is 1.72. The molecule has 1 atom stereocenters. The van der Waals surface area contributed by atoms with Gasteiger partial charge in [-0.2, -0.15) is 0 Å². The van der Waals surface area contributed by atoms with Crippen molar-refractivity contribution in [2.75, 3.05) is 0 Å². The van der Waals surface area contributed by atoms with E-state index in [1.54, 1.807) is 18.5 Å². The summed E-state index contributed by atoms with van der Waals surface area (Å²) < 4.78 is 0. The van der Waals surface area contributed by atoms with Gasteiger partial charge in [0.05, 0.1) is 11.1 Å². The summed E-state index contributed by atoms with van der Waals surface area (Å²) in [6, 6.07) is 1.79. The van der Waals surface area contributed by atoms with Crippen LogP contribution in [0.5, 0.6) is 0 Å². The van der Waals surface area contributed by atoms with E-state index in [4.69, 9.17) is 11.6 Å². The van der Waals surface area contributed by atoms with E-state index < -0.39 is 6.10 Å². The lowest BCUT2D eigenvalue weighted by Crippen LogP contribution is -2.06. The molecule has 84 valence electrons. The van der Waals surface area contributed by atoms with E-state index in [1.165, 1.54) is 0 Å². The monoisotopic (exact) mass is 227 g/mol. The largest absolute Gasteiger partial charge is 0.388 e. The lowest BCUT2D eigenvalue weighted by molar-refractivity contribution is 0.141. The number of pyridine rings is 1. The highest BCUT2D eigenvalue weighted by Crippen LogP contribution is 2.28. The van der Waals surface area contributed by atoms with E-state index in [0.29, 0.717) is 10.9 Å². The first-order valence-corrected chi connectivity index (χ1v) is 5.84. The zero-order valence-corrected chi connectivity index (χ0v) is 10.0. The van der Waals surface area contributed by atoms with Gasteiger partial charge in [-0.25, -0.2) is 0 Å². The Bertz CT molecular complexity index is 299. The van der Waals surface area contributed by atoms with E-state index in [0.717, 1.165) is 24.8 Å². The Balaban J connectivity index is 2.68. The number of nitrogens with zero attached hydrogens (tertiary/aromatic N) is 1. The van der Waals surface area contributed by atoms with E-state index in [9.17, 15) is 5.11 Å². The van der Waals surface area contributed by atoms with Crippen LogP contribution in [-0.4, -0.2) is 10.1 Å². The van der Waals surface area contributed by atoms with Crippen LogP contribution in [0.1, 0.15) is 44.8 Å². The van der Waals surface area contributed by atoms with Crippen molar-refractivity contribution in [3.8, 4) is 0 Å². The van der Waals surface area contributed by atoms with Crippen LogP contribution in [0, 0.1) is 5.92 Å². The zero-order chi connectivity index (χ0) is 11.3. The van der Waals surface area contributed by atoms with Gasteiger partial charge in [0, 0.05) is 18.0 Å². The highest BCUT2D eigenvalue weighted by molar-refractivity contribution is 6.31. The molecule has 0 spiro atoms. The van der Waals surface area contributed by atoms with Crippen molar-refractivity contribution in [2.45, 2.75) is 39.2 Å². The number of aliphatic hydroxyl groups is 1. The van der Waals surface area contributed by atoms with Crippen LogP contribution in [0.3, 0.4) is 0 Å². The third-order valence-electron chi connectivity index (χ3n) is 2.87. The number of rotatable bonds is 5. The molecule has 1 aromatic rings. The topological polar surface area (TPSA) is 33.1 Å². The maximum absolute atomic E-state index is 10.0. The molecule has 0 bridgehead atoms. The van der Waals surface area contributed by atoms with E-state index in [-0.39, 0.29) is 0 Å². The van der Waals surface area contributed by atoms with Crippen molar-refractivity contribution in [1.82, 2.24) is 4.98 Å². The van der Waals surface area contributed by atoms with Gasteiger partial charge in [-0.3, -0.25) is 4.98 Å². The minimum absolute atomic E-state index is 0.467. The number of hydrogen-bond donors (Lipinski definition) is 1. The van der Waals surface area contributed by atoms with Crippen LogP contribution in [0.25, 0.3) is 0 Å². The van der Waals surface area contributed by atoms with E-state index >= 15 is 0 Å². The molecule has 0 aliphatic rings. The third-order valence-corrected chi connectivity index (χ3v) is 3.19. The normalized spacial score (nSPS) is 13.1. The molecule has 1 heterocycles. The Morgan fingerprint density at radius 1 is 1.40 bits per heavy atom. The van der Waals surface area contributed by atoms with Crippen LogP contribution in [0.2, 0.25) is 5.02 Å². The molecule has 0 saturated heterocycles. The van der Waals surface area contributed by atoms with Crippen LogP contribution in [0.15, 0.2) is 18.5 Å². The molecule has 0 amide bonds. The third kappa shape index (κ3) is 3.47. The first-order valence-electron chi connectivity index (χ1n) is 5.46.